The molecule has 6 nitrogen and oxygen atoms in total. The summed E-state index contributed by atoms with van der Waals surface area (Å²) in [5, 5.41) is 0. The summed E-state index contributed by atoms with van der Waals surface area (Å²) in [6.45, 7) is 0. The highest BCUT2D eigenvalue weighted by Crippen LogP contribution is 2.32. The molecule has 0 aromatic carbocycles. The summed E-state index contributed by atoms with van der Waals surface area (Å²) >= 11 is 0. The number of H-pyrrole nitrogens is 1. The monoisotopic (exact) mass is 218 g/mol. The number of nitrogens with zero attached hydrogens (tertiary/aromatic N) is 3. The molecule has 0 aliphatic heterocycles. The number of imidazole rings is 1. The number of anilines is 1. The van der Waals surface area contributed by atoms with Crippen LogP contribution in [0.1, 0.15) is 18.7 Å². The van der Waals surface area contributed by atoms with Gasteiger partial charge in [-0.05, 0) is 18.8 Å². The number of hydrogen-bond donors (Lipinski definition) is 3. The highest BCUT2D eigenvalue weighted by atomic mass is 15.0. The first-order valence-corrected chi connectivity index (χ1v) is 5.44. The van der Waals surface area contributed by atoms with Crippen molar-refractivity contribution in [2.45, 2.75) is 25.3 Å². The Hall–Kier alpha value is -1.69. The van der Waals surface area contributed by atoms with E-state index in [2.05, 4.69) is 19.9 Å². The molecule has 2 aromatic rings. The zero-order valence-corrected chi connectivity index (χ0v) is 8.85. The van der Waals surface area contributed by atoms with Gasteiger partial charge in [-0.3, -0.25) is 0 Å². The van der Waals surface area contributed by atoms with E-state index in [1.807, 2.05) is 0 Å². The Kier molecular flexibility index (Phi) is 2.03. The first-order chi connectivity index (χ1) is 7.74. The molecule has 0 bridgehead atoms. The maximum absolute atomic E-state index is 6.04. The molecule has 6 heteroatoms. The fraction of sp³-hybridized carbons (Fsp3) is 0.500. The van der Waals surface area contributed by atoms with Crippen LogP contribution in [0.5, 0.6) is 0 Å². The lowest BCUT2D eigenvalue weighted by molar-refractivity contribution is 0.579. The number of nitrogen functional groups attached to an aromatic ring is 1. The van der Waals surface area contributed by atoms with Crippen molar-refractivity contribution in [3.8, 4) is 0 Å². The van der Waals surface area contributed by atoms with Crippen LogP contribution in [0.2, 0.25) is 0 Å². The Morgan fingerprint density at radius 3 is 2.94 bits per heavy atom. The van der Waals surface area contributed by atoms with Crippen molar-refractivity contribution in [1.82, 2.24) is 19.9 Å². The van der Waals surface area contributed by atoms with Gasteiger partial charge in [-0.15, -0.1) is 0 Å². The van der Waals surface area contributed by atoms with Crippen molar-refractivity contribution >= 4 is 17.0 Å². The number of rotatable bonds is 3. The van der Waals surface area contributed by atoms with Gasteiger partial charge in [0.2, 0.25) is 0 Å². The summed E-state index contributed by atoms with van der Waals surface area (Å²) in [6, 6.07) is 0.190. The number of nitrogens with one attached hydrogen (secondary N) is 1. The van der Waals surface area contributed by atoms with E-state index in [0.717, 1.165) is 12.2 Å². The van der Waals surface area contributed by atoms with Crippen LogP contribution < -0.4 is 11.5 Å². The largest absolute Gasteiger partial charge is 0.382 e. The van der Waals surface area contributed by atoms with E-state index >= 15 is 0 Å². The standard InChI is InChI=1S/C10H14N6/c11-6(5-1-2-5)3-7-15-8-9(12)13-4-14-10(8)16-7/h4-6H,1-3,11H2,(H3,12,13,14,15,16). The number of hydrogen-bond acceptors (Lipinski definition) is 5. The topological polar surface area (TPSA) is 106 Å². The summed E-state index contributed by atoms with van der Waals surface area (Å²) in [4.78, 5) is 15.5. The van der Waals surface area contributed by atoms with Gasteiger partial charge in [-0.2, -0.15) is 0 Å². The Labute approximate surface area is 92.5 Å². The van der Waals surface area contributed by atoms with E-state index in [0.29, 0.717) is 22.9 Å². The Bertz CT molecular complexity index is 515. The lowest BCUT2D eigenvalue weighted by atomic mass is 10.1. The lowest BCUT2D eigenvalue weighted by Crippen LogP contribution is -2.25. The van der Waals surface area contributed by atoms with E-state index in [-0.39, 0.29) is 6.04 Å². The fourth-order valence-electron chi connectivity index (χ4n) is 1.91. The molecule has 1 aliphatic rings. The Balaban J connectivity index is 1.89. The normalized spacial score (nSPS) is 17.8. The third-order valence-corrected chi connectivity index (χ3v) is 3.02. The maximum atomic E-state index is 6.04. The van der Waals surface area contributed by atoms with Crippen LogP contribution in [0.4, 0.5) is 5.82 Å². The molecule has 5 N–H and O–H groups in total. The molecule has 2 heterocycles. The second-order valence-electron chi connectivity index (χ2n) is 4.35. The molecule has 1 fully saturated rings. The van der Waals surface area contributed by atoms with Crippen LogP contribution in [-0.2, 0) is 6.42 Å². The van der Waals surface area contributed by atoms with Crippen LogP contribution in [0, 0.1) is 5.92 Å². The van der Waals surface area contributed by atoms with Crippen molar-refractivity contribution in [1.29, 1.82) is 0 Å². The summed E-state index contributed by atoms with van der Waals surface area (Å²) < 4.78 is 0. The number of fused-ring (bicyclic) bond motifs is 1. The first-order valence-electron chi connectivity index (χ1n) is 5.44. The Morgan fingerprint density at radius 2 is 2.25 bits per heavy atom. The molecule has 1 saturated carbocycles. The van der Waals surface area contributed by atoms with Gasteiger partial charge in [0, 0.05) is 12.5 Å². The van der Waals surface area contributed by atoms with Crippen molar-refractivity contribution in [3.63, 3.8) is 0 Å². The van der Waals surface area contributed by atoms with E-state index in [9.17, 15) is 0 Å². The van der Waals surface area contributed by atoms with E-state index < -0.39 is 0 Å². The van der Waals surface area contributed by atoms with Crippen LogP contribution in [0.15, 0.2) is 6.33 Å². The molecule has 1 aliphatic carbocycles. The average molecular weight is 218 g/mol. The molecule has 84 valence electrons. The molecule has 1 unspecified atom stereocenters. The maximum Gasteiger partial charge on any atom is 0.183 e. The minimum atomic E-state index is 0.190. The predicted molar refractivity (Wildman–Crippen MR) is 60.5 cm³/mol. The summed E-state index contributed by atoms with van der Waals surface area (Å²) in [6.07, 6.45) is 4.65. The Morgan fingerprint density at radius 1 is 1.44 bits per heavy atom. The van der Waals surface area contributed by atoms with Crippen molar-refractivity contribution in [2.24, 2.45) is 11.7 Å². The van der Waals surface area contributed by atoms with Crippen molar-refractivity contribution in [2.75, 3.05) is 5.73 Å². The minimum absolute atomic E-state index is 0.190. The lowest BCUT2D eigenvalue weighted by Gasteiger charge is -2.06. The van der Waals surface area contributed by atoms with Crippen LogP contribution in [0.3, 0.4) is 0 Å². The number of nitrogens with two attached hydrogens (primary N) is 2. The molecule has 0 spiro atoms. The third-order valence-electron chi connectivity index (χ3n) is 3.02. The molecule has 0 saturated heterocycles. The van der Waals surface area contributed by atoms with Gasteiger partial charge in [0.15, 0.2) is 11.5 Å². The quantitative estimate of drug-likeness (QED) is 0.683. The molecule has 2 aromatic heterocycles. The minimum Gasteiger partial charge on any atom is -0.382 e. The highest BCUT2D eigenvalue weighted by molar-refractivity contribution is 5.80. The number of aromatic amines is 1. The highest BCUT2D eigenvalue weighted by Gasteiger charge is 2.29. The van der Waals surface area contributed by atoms with Gasteiger partial charge < -0.3 is 16.5 Å². The van der Waals surface area contributed by atoms with Crippen molar-refractivity contribution < 1.29 is 0 Å². The van der Waals surface area contributed by atoms with E-state index in [1.165, 1.54) is 19.2 Å². The van der Waals surface area contributed by atoms with Crippen molar-refractivity contribution in [3.05, 3.63) is 12.2 Å². The zero-order valence-electron chi connectivity index (χ0n) is 8.85. The van der Waals surface area contributed by atoms with Gasteiger partial charge in [0.25, 0.3) is 0 Å². The SMILES string of the molecule is Nc1ncnc2nc(CC(N)C3CC3)[nH]c12. The third kappa shape index (κ3) is 1.61. The molecule has 1 atom stereocenters. The van der Waals surface area contributed by atoms with Crippen LogP contribution in [0.25, 0.3) is 11.2 Å². The second-order valence-corrected chi connectivity index (χ2v) is 4.35. The van der Waals surface area contributed by atoms with Crippen LogP contribution in [-0.4, -0.2) is 26.0 Å². The zero-order chi connectivity index (χ0) is 11.1. The summed E-state index contributed by atoms with van der Waals surface area (Å²) in [5.74, 6) is 1.95. The van der Waals surface area contributed by atoms with E-state index in [4.69, 9.17) is 11.5 Å². The fourth-order valence-corrected chi connectivity index (χ4v) is 1.91. The van der Waals surface area contributed by atoms with Gasteiger partial charge in [0.1, 0.15) is 17.7 Å². The molecule has 3 rings (SSSR count). The smallest absolute Gasteiger partial charge is 0.183 e. The molecule has 0 amide bonds. The second kappa shape index (κ2) is 3.41. The van der Waals surface area contributed by atoms with Gasteiger partial charge in [0.05, 0.1) is 0 Å². The van der Waals surface area contributed by atoms with Gasteiger partial charge >= 0.3 is 0 Å². The van der Waals surface area contributed by atoms with E-state index in [1.54, 1.807) is 0 Å². The summed E-state index contributed by atoms with van der Waals surface area (Å²) in [7, 11) is 0. The number of aromatic nitrogens is 4. The molecular weight excluding hydrogens is 204 g/mol. The van der Waals surface area contributed by atoms with Gasteiger partial charge in [-0.1, -0.05) is 0 Å². The molecular formula is C10H14N6. The molecule has 16 heavy (non-hydrogen) atoms. The van der Waals surface area contributed by atoms with Gasteiger partial charge in [-0.25, -0.2) is 15.0 Å². The predicted octanol–water partition coefficient (Wildman–Crippen LogP) is 0.215. The first kappa shape index (κ1) is 9.53. The van der Waals surface area contributed by atoms with Crippen LogP contribution >= 0.6 is 0 Å². The molecule has 0 radical (unpaired) electrons. The average Bonchev–Trinajstić information content (AvgIpc) is 3.01. The summed E-state index contributed by atoms with van der Waals surface area (Å²) in [5.41, 5.74) is 13.1.